The zero-order chi connectivity index (χ0) is 32.1. The van der Waals surface area contributed by atoms with E-state index in [0.717, 1.165) is 34.0 Å². The lowest BCUT2D eigenvalue weighted by atomic mass is 9.92. The molecule has 0 radical (unpaired) electrons. The molecule has 0 amide bonds. The second-order valence-electron chi connectivity index (χ2n) is 12.9. The Labute approximate surface area is 282 Å². The minimum atomic E-state index is 0.897. The lowest BCUT2D eigenvalue weighted by Crippen LogP contribution is -1.98. The topological polar surface area (TPSA) is 19.1 Å². The molecule has 0 fully saturated rings. The Morgan fingerprint density at radius 3 is 1.78 bits per heavy atom. The summed E-state index contributed by atoms with van der Waals surface area (Å²) in [4.78, 5) is 0. The van der Waals surface area contributed by atoms with Gasteiger partial charge in [0, 0.05) is 49.9 Å². The number of para-hydroxylation sites is 4. The Morgan fingerprint density at radius 1 is 0.327 bits per heavy atom. The van der Waals surface area contributed by atoms with Crippen LogP contribution in [-0.4, -0.2) is 9.13 Å². The first kappa shape index (κ1) is 26.5. The molecule has 228 valence electrons. The van der Waals surface area contributed by atoms with Crippen LogP contribution in [0.3, 0.4) is 0 Å². The van der Waals surface area contributed by atoms with Gasteiger partial charge >= 0.3 is 0 Å². The molecule has 0 spiro atoms. The van der Waals surface area contributed by atoms with Gasteiger partial charge < -0.3 is 13.9 Å². The van der Waals surface area contributed by atoms with E-state index in [1.165, 1.54) is 65.6 Å². The smallest absolute Gasteiger partial charge is 0.138 e. The number of ether oxygens (including phenoxy) is 1. The van der Waals surface area contributed by atoms with Crippen LogP contribution in [0.15, 0.2) is 170 Å². The van der Waals surface area contributed by atoms with Gasteiger partial charge in [0.15, 0.2) is 0 Å². The van der Waals surface area contributed by atoms with E-state index in [2.05, 4.69) is 173 Å². The van der Waals surface area contributed by atoms with Crippen LogP contribution in [0.25, 0.3) is 88.0 Å². The highest BCUT2D eigenvalue weighted by atomic mass is 16.5. The Balaban J connectivity index is 1.25. The van der Waals surface area contributed by atoms with Crippen LogP contribution in [0, 0.1) is 0 Å². The molecule has 1 aliphatic rings. The van der Waals surface area contributed by atoms with Gasteiger partial charge in [0.25, 0.3) is 0 Å². The minimum Gasteiger partial charge on any atom is -0.456 e. The van der Waals surface area contributed by atoms with Crippen molar-refractivity contribution in [1.82, 2.24) is 9.13 Å². The highest BCUT2D eigenvalue weighted by Gasteiger charge is 2.25. The van der Waals surface area contributed by atoms with Crippen molar-refractivity contribution in [3.05, 3.63) is 170 Å². The molecule has 0 unspecified atom stereocenters. The van der Waals surface area contributed by atoms with Crippen LogP contribution in [0.2, 0.25) is 0 Å². The number of benzene rings is 8. The van der Waals surface area contributed by atoms with E-state index in [1.807, 2.05) is 6.07 Å². The molecule has 49 heavy (non-hydrogen) atoms. The molecule has 0 aliphatic carbocycles. The second-order valence-corrected chi connectivity index (χ2v) is 12.9. The highest BCUT2D eigenvalue weighted by Crippen LogP contribution is 2.51. The summed E-state index contributed by atoms with van der Waals surface area (Å²) in [6.45, 7) is 0. The number of rotatable bonds is 3. The maximum atomic E-state index is 6.65. The number of hydrogen-bond acceptors (Lipinski definition) is 1. The maximum absolute atomic E-state index is 6.65. The molecule has 8 aromatic carbocycles. The molecular formula is C46H28N2O. The van der Waals surface area contributed by atoms with Crippen molar-refractivity contribution in [2.24, 2.45) is 0 Å². The van der Waals surface area contributed by atoms with Gasteiger partial charge in [0.05, 0.1) is 22.1 Å². The van der Waals surface area contributed by atoms with E-state index in [4.69, 9.17) is 4.74 Å². The first-order valence-electron chi connectivity index (χ1n) is 16.8. The Hall–Kier alpha value is -6.58. The average Bonchev–Trinajstić information content (AvgIpc) is 3.68. The van der Waals surface area contributed by atoms with Crippen LogP contribution in [-0.2, 0) is 0 Å². The molecule has 0 atom stereocenters. The predicted molar refractivity (Wildman–Crippen MR) is 204 cm³/mol. The monoisotopic (exact) mass is 624 g/mol. The third-order valence-corrected chi connectivity index (χ3v) is 10.3. The Bertz CT molecular complexity index is 2950. The number of nitrogens with zero attached hydrogens (tertiary/aromatic N) is 2. The van der Waals surface area contributed by atoms with Crippen molar-refractivity contribution in [2.45, 2.75) is 0 Å². The van der Waals surface area contributed by atoms with Gasteiger partial charge in [-0.25, -0.2) is 0 Å². The van der Waals surface area contributed by atoms with E-state index in [-0.39, 0.29) is 0 Å². The SMILES string of the molecule is c1ccc(-n2c3ccccc3c3c(-c4ccc5c(c4)c4c6cccc7c6c(cc4n5-c4ccccc4)Oc4ccccc4-7)cccc32)cc1. The molecule has 3 heterocycles. The van der Waals surface area contributed by atoms with Gasteiger partial charge in [0.1, 0.15) is 11.5 Å². The normalized spacial score (nSPS) is 12.2. The molecule has 0 bridgehead atoms. The fraction of sp³-hybridized carbons (Fsp3) is 0. The van der Waals surface area contributed by atoms with Crippen LogP contribution in [0.4, 0.5) is 0 Å². The molecule has 3 heteroatoms. The van der Waals surface area contributed by atoms with Crippen LogP contribution >= 0.6 is 0 Å². The zero-order valence-electron chi connectivity index (χ0n) is 26.5. The number of aromatic nitrogens is 2. The highest BCUT2D eigenvalue weighted by molar-refractivity contribution is 6.26. The van der Waals surface area contributed by atoms with Crippen molar-refractivity contribution in [3.8, 4) is 45.1 Å². The van der Waals surface area contributed by atoms with Crippen molar-refractivity contribution >= 4 is 54.4 Å². The quantitative estimate of drug-likeness (QED) is 0.191. The number of hydrogen-bond donors (Lipinski definition) is 0. The van der Waals surface area contributed by atoms with Gasteiger partial charge in [0.2, 0.25) is 0 Å². The Morgan fingerprint density at radius 2 is 0.939 bits per heavy atom. The minimum absolute atomic E-state index is 0.897. The molecule has 0 N–H and O–H groups in total. The molecule has 3 nitrogen and oxygen atoms in total. The summed E-state index contributed by atoms with van der Waals surface area (Å²) in [5, 5.41) is 7.35. The first-order chi connectivity index (χ1) is 24.3. The fourth-order valence-electron chi connectivity index (χ4n) is 8.29. The van der Waals surface area contributed by atoms with Crippen molar-refractivity contribution in [3.63, 3.8) is 0 Å². The van der Waals surface area contributed by atoms with Crippen molar-refractivity contribution in [1.29, 1.82) is 0 Å². The molecule has 1 aliphatic heterocycles. The lowest BCUT2D eigenvalue weighted by Gasteiger charge is -2.22. The van der Waals surface area contributed by atoms with Gasteiger partial charge in [-0.2, -0.15) is 0 Å². The van der Waals surface area contributed by atoms with Crippen molar-refractivity contribution < 1.29 is 4.74 Å². The fourth-order valence-corrected chi connectivity index (χ4v) is 8.29. The Kier molecular flexibility index (Phi) is 5.38. The molecule has 2 aromatic heterocycles. The van der Waals surface area contributed by atoms with E-state index in [9.17, 15) is 0 Å². The van der Waals surface area contributed by atoms with Crippen LogP contribution in [0.5, 0.6) is 11.5 Å². The average molecular weight is 625 g/mol. The largest absolute Gasteiger partial charge is 0.456 e. The summed E-state index contributed by atoms with van der Waals surface area (Å²) in [6, 6.07) is 61.1. The molecule has 10 aromatic rings. The van der Waals surface area contributed by atoms with Gasteiger partial charge in [-0.1, -0.05) is 109 Å². The summed E-state index contributed by atoms with van der Waals surface area (Å²) in [6.07, 6.45) is 0. The summed E-state index contributed by atoms with van der Waals surface area (Å²) in [5.41, 5.74) is 11.8. The van der Waals surface area contributed by atoms with E-state index < -0.39 is 0 Å². The standard InChI is InChI=1S/C46H28N2O/c1-3-13-30(14-4-1)47-38-22-9-7-18-35(38)44-32(19-12-23-40(44)47)29-25-26-39-37(27-29)45-36-21-11-20-34-33-17-8-10-24-42(33)49-43(46(34)36)28-41(45)48(39)31-15-5-2-6-16-31/h1-28H. The molecular weight excluding hydrogens is 597 g/mol. The second kappa shape index (κ2) is 9.96. The van der Waals surface area contributed by atoms with Gasteiger partial charge in [-0.3, -0.25) is 0 Å². The molecule has 0 saturated heterocycles. The van der Waals surface area contributed by atoms with Crippen LogP contribution in [0.1, 0.15) is 0 Å². The summed E-state index contributed by atoms with van der Waals surface area (Å²) in [5.74, 6) is 1.80. The summed E-state index contributed by atoms with van der Waals surface area (Å²) >= 11 is 0. The van der Waals surface area contributed by atoms with E-state index in [0.29, 0.717) is 0 Å². The number of fused-ring (bicyclic) bond motifs is 9. The maximum Gasteiger partial charge on any atom is 0.138 e. The van der Waals surface area contributed by atoms with E-state index in [1.54, 1.807) is 0 Å². The molecule has 0 saturated carbocycles. The van der Waals surface area contributed by atoms with E-state index >= 15 is 0 Å². The summed E-state index contributed by atoms with van der Waals surface area (Å²) < 4.78 is 11.4. The third-order valence-electron chi connectivity index (χ3n) is 10.3. The van der Waals surface area contributed by atoms with Crippen LogP contribution < -0.4 is 4.74 Å². The lowest BCUT2D eigenvalue weighted by molar-refractivity contribution is 0.487. The molecule has 11 rings (SSSR count). The third kappa shape index (κ3) is 3.67. The van der Waals surface area contributed by atoms with Gasteiger partial charge in [-0.15, -0.1) is 0 Å². The predicted octanol–water partition coefficient (Wildman–Crippen LogP) is 12.5. The first-order valence-corrected chi connectivity index (χ1v) is 16.8. The van der Waals surface area contributed by atoms with Crippen molar-refractivity contribution in [2.75, 3.05) is 0 Å². The summed E-state index contributed by atoms with van der Waals surface area (Å²) in [7, 11) is 0. The zero-order valence-corrected chi connectivity index (χ0v) is 26.5. The van der Waals surface area contributed by atoms with Gasteiger partial charge in [-0.05, 0) is 76.7 Å².